The first-order valence-electron chi connectivity index (χ1n) is 6.52. The lowest BCUT2D eigenvalue weighted by atomic mass is 10.2. The molecule has 1 aromatic carbocycles. The summed E-state index contributed by atoms with van der Waals surface area (Å²) in [6, 6.07) is 6.57. The van der Waals surface area contributed by atoms with Crippen LogP contribution < -0.4 is 5.32 Å². The molecule has 0 aromatic heterocycles. The Labute approximate surface area is 112 Å². The maximum atomic E-state index is 13.6. The molecule has 4 nitrogen and oxygen atoms in total. The second-order valence-electron chi connectivity index (χ2n) is 5.30. The lowest BCUT2D eigenvalue weighted by Crippen LogP contribution is -2.53. The highest BCUT2D eigenvalue weighted by atomic mass is 32.2. The van der Waals surface area contributed by atoms with Crippen LogP contribution in [0.2, 0.25) is 0 Å². The number of nitrogens with one attached hydrogen (secondary N) is 1. The molecule has 1 aromatic rings. The lowest BCUT2D eigenvalue weighted by Gasteiger charge is -2.32. The molecular formula is C13H17FN2O2S. The predicted octanol–water partition coefficient (Wildman–Crippen LogP) is 1.09. The second-order valence-corrected chi connectivity index (χ2v) is 7.27. The molecule has 104 valence electrons. The van der Waals surface area contributed by atoms with Gasteiger partial charge in [-0.1, -0.05) is 18.2 Å². The van der Waals surface area contributed by atoms with Gasteiger partial charge in [0, 0.05) is 30.7 Å². The highest BCUT2D eigenvalue weighted by molar-refractivity contribution is 7.88. The molecule has 2 heterocycles. The van der Waals surface area contributed by atoms with Gasteiger partial charge in [0.1, 0.15) is 5.82 Å². The number of halogens is 1. The molecule has 0 radical (unpaired) electrons. The van der Waals surface area contributed by atoms with Gasteiger partial charge < -0.3 is 5.32 Å². The van der Waals surface area contributed by atoms with Crippen molar-refractivity contribution in [3.8, 4) is 0 Å². The van der Waals surface area contributed by atoms with Gasteiger partial charge >= 0.3 is 0 Å². The van der Waals surface area contributed by atoms with Crippen LogP contribution in [0.3, 0.4) is 0 Å². The molecule has 2 bridgehead atoms. The molecule has 0 spiro atoms. The topological polar surface area (TPSA) is 49.4 Å². The highest BCUT2D eigenvalue weighted by Crippen LogP contribution is 2.24. The molecule has 2 aliphatic heterocycles. The molecule has 3 rings (SSSR count). The molecule has 19 heavy (non-hydrogen) atoms. The predicted molar refractivity (Wildman–Crippen MR) is 70.5 cm³/mol. The van der Waals surface area contributed by atoms with Crippen molar-refractivity contribution in [3.63, 3.8) is 0 Å². The molecule has 0 amide bonds. The van der Waals surface area contributed by atoms with Gasteiger partial charge in [-0.15, -0.1) is 0 Å². The van der Waals surface area contributed by atoms with Crippen molar-refractivity contribution in [2.45, 2.75) is 30.7 Å². The highest BCUT2D eigenvalue weighted by Gasteiger charge is 2.37. The minimum absolute atomic E-state index is 0.244. The third-order valence-corrected chi connectivity index (χ3v) is 5.63. The van der Waals surface area contributed by atoms with Crippen molar-refractivity contribution in [1.29, 1.82) is 0 Å². The van der Waals surface area contributed by atoms with Gasteiger partial charge in [0.15, 0.2) is 0 Å². The summed E-state index contributed by atoms with van der Waals surface area (Å²) in [5.74, 6) is -0.705. The summed E-state index contributed by atoms with van der Waals surface area (Å²) >= 11 is 0. The third kappa shape index (κ3) is 2.66. The molecule has 2 fully saturated rings. The Balaban J connectivity index is 1.78. The van der Waals surface area contributed by atoms with Crippen molar-refractivity contribution in [2.24, 2.45) is 0 Å². The van der Waals surface area contributed by atoms with E-state index >= 15 is 0 Å². The zero-order valence-corrected chi connectivity index (χ0v) is 11.4. The first-order valence-corrected chi connectivity index (χ1v) is 8.13. The summed E-state index contributed by atoms with van der Waals surface area (Å²) in [5, 5.41) is 3.39. The molecule has 6 heteroatoms. The Morgan fingerprint density at radius 1 is 1.21 bits per heavy atom. The van der Waals surface area contributed by atoms with E-state index in [0.29, 0.717) is 13.1 Å². The molecule has 0 saturated carbocycles. The fourth-order valence-corrected chi connectivity index (χ4v) is 4.51. The number of piperazine rings is 1. The number of fused-ring (bicyclic) bond motifs is 2. The zero-order chi connectivity index (χ0) is 13.5. The molecule has 1 N–H and O–H groups in total. The first-order chi connectivity index (χ1) is 9.04. The maximum absolute atomic E-state index is 13.6. The molecule has 2 unspecified atom stereocenters. The van der Waals surface area contributed by atoms with Gasteiger partial charge in [-0.25, -0.2) is 12.8 Å². The fraction of sp³-hybridized carbons (Fsp3) is 0.538. The zero-order valence-electron chi connectivity index (χ0n) is 10.5. The second kappa shape index (κ2) is 4.85. The van der Waals surface area contributed by atoms with Gasteiger partial charge in [0.05, 0.1) is 5.75 Å². The van der Waals surface area contributed by atoms with E-state index in [4.69, 9.17) is 0 Å². The molecule has 2 aliphatic rings. The van der Waals surface area contributed by atoms with E-state index in [1.165, 1.54) is 16.4 Å². The number of hydrogen-bond acceptors (Lipinski definition) is 3. The Morgan fingerprint density at radius 3 is 2.47 bits per heavy atom. The van der Waals surface area contributed by atoms with Crippen LogP contribution in [0.1, 0.15) is 18.4 Å². The summed E-state index contributed by atoms with van der Waals surface area (Å²) in [6.07, 6.45) is 2.05. The molecule has 2 saturated heterocycles. The quantitative estimate of drug-likeness (QED) is 0.904. The number of sulfonamides is 1. The SMILES string of the molecule is O=S(=O)(Cc1ccccc1F)N1CC2CCC(C1)N2. The summed E-state index contributed by atoms with van der Waals surface area (Å²) in [6.45, 7) is 1.01. The van der Waals surface area contributed by atoms with Crippen LogP contribution in [-0.4, -0.2) is 37.9 Å². The smallest absolute Gasteiger partial charge is 0.218 e. The lowest BCUT2D eigenvalue weighted by molar-refractivity contribution is 0.295. The Morgan fingerprint density at radius 2 is 1.84 bits per heavy atom. The van der Waals surface area contributed by atoms with Crippen molar-refractivity contribution in [2.75, 3.05) is 13.1 Å². The minimum atomic E-state index is -3.43. The summed E-state index contributed by atoms with van der Waals surface area (Å²) in [4.78, 5) is 0. The van der Waals surface area contributed by atoms with Crippen LogP contribution >= 0.6 is 0 Å². The number of nitrogens with zero attached hydrogens (tertiary/aromatic N) is 1. The molecule has 2 atom stereocenters. The number of benzene rings is 1. The van der Waals surface area contributed by atoms with E-state index < -0.39 is 15.8 Å². The van der Waals surface area contributed by atoms with Crippen LogP contribution in [0.4, 0.5) is 4.39 Å². The van der Waals surface area contributed by atoms with Gasteiger partial charge in [-0.3, -0.25) is 0 Å². The Kier molecular flexibility index (Phi) is 3.32. The normalized spacial score (nSPS) is 27.6. The van der Waals surface area contributed by atoms with E-state index in [0.717, 1.165) is 12.8 Å². The minimum Gasteiger partial charge on any atom is -0.309 e. The number of hydrogen-bond donors (Lipinski definition) is 1. The van der Waals surface area contributed by atoms with Gasteiger partial charge in [-0.2, -0.15) is 4.31 Å². The van der Waals surface area contributed by atoms with Gasteiger partial charge in [-0.05, 0) is 18.9 Å². The molecule has 0 aliphatic carbocycles. The van der Waals surface area contributed by atoms with Crippen LogP contribution in [0, 0.1) is 5.82 Å². The van der Waals surface area contributed by atoms with Crippen LogP contribution in [-0.2, 0) is 15.8 Å². The number of rotatable bonds is 3. The molecular weight excluding hydrogens is 267 g/mol. The fourth-order valence-electron chi connectivity index (χ4n) is 2.89. The van der Waals surface area contributed by atoms with E-state index in [1.54, 1.807) is 12.1 Å². The average Bonchev–Trinajstić information content (AvgIpc) is 2.71. The van der Waals surface area contributed by atoms with Crippen LogP contribution in [0.25, 0.3) is 0 Å². The van der Waals surface area contributed by atoms with Crippen molar-refractivity contribution in [3.05, 3.63) is 35.6 Å². The maximum Gasteiger partial charge on any atom is 0.218 e. The Hall–Kier alpha value is -0.980. The summed E-state index contributed by atoms with van der Waals surface area (Å²) in [7, 11) is -3.43. The standard InChI is InChI=1S/C13H17FN2O2S/c14-13-4-2-1-3-10(13)9-19(17,18)16-7-11-5-6-12(8-16)15-11/h1-4,11-12,15H,5-9H2. The largest absolute Gasteiger partial charge is 0.309 e. The Bertz CT molecular complexity index is 564. The van der Waals surface area contributed by atoms with E-state index in [2.05, 4.69) is 5.32 Å². The monoisotopic (exact) mass is 284 g/mol. The first kappa shape index (κ1) is 13.0. The van der Waals surface area contributed by atoms with E-state index in [-0.39, 0.29) is 23.4 Å². The van der Waals surface area contributed by atoms with E-state index in [1.807, 2.05) is 0 Å². The summed E-state index contributed by atoms with van der Waals surface area (Å²) < 4.78 is 39.8. The van der Waals surface area contributed by atoms with Crippen molar-refractivity contribution < 1.29 is 12.8 Å². The van der Waals surface area contributed by atoms with E-state index in [9.17, 15) is 12.8 Å². The average molecular weight is 284 g/mol. The van der Waals surface area contributed by atoms with Crippen molar-refractivity contribution >= 4 is 10.0 Å². The van der Waals surface area contributed by atoms with Gasteiger partial charge in [0.2, 0.25) is 10.0 Å². The van der Waals surface area contributed by atoms with Crippen LogP contribution in [0.15, 0.2) is 24.3 Å². The summed E-state index contributed by atoms with van der Waals surface area (Å²) in [5.41, 5.74) is 0.244. The van der Waals surface area contributed by atoms with Crippen molar-refractivity contribution in [1.82, 2.24) is 9.62 Å². The van der Waals surface area contributed by atoms with Gasteiger partial charge in [0.25, 0.3) is 0 Å². The third-order valence-electron chi connectivity index (χ3n) is 3.87. The van der Waals surface area contributed by atoms with Crippen LogP contribution in [0.5, 0.6) is 0 Å².